The molecule has 0 aliphatic carbocycles. The third-order valence-electron chi connectivity index (χ3n) is 9.69. The lowest BCUT2D eigenvalue weighted by atomic mass is 9.87. The van der Waals surface area contributed by atoms with E-state index in [9.17, 15) is 9.90 Å². The molecule has 10 aromatic rings. The first-order valence-electron chi connectivity index (χ1n) is 21.4. The number of carbonyl (C=O) groups excluding carboxylic acids is 1. The summed E-state index contributed by atoms with van der Waals surface area (Å²) >= 11 is 33.6. The smallest absolute Gasteiger partial charge is 0.255 e. The third-order valence-corrected chi connectivity index (χ3v) is 14.8. The molecule has 0 spiro atoms. The van der Waals surface area contributed by atoms with Crippen LogP contribution in [-0.4, -0.2) is 122 Å². The Balaban J connectivity index is 0.000000167. The van der Waals surface area contributed by atoms with E-state index in [-0.39, 0.29) is 15.9 Å². The number of halogens is 5. The van der Waals surface area contributed by atoms with E-state index in [1.165, 1.54) is 59.3 Å². The molecule has 10 aromatic heterocycles. The quantitative estimate of drug-likeness (QED) is 0.0317. The van der Waals surface area contributed by atoms with Crippen molar-refractivity contribution in [1.82, 2.24) is 74.2 Å². The minimum atomic E-state index is -1.67. The minimum absolute atomic E-state index is 0.141. The minimum Gasteiger partial charge on any atom is -0.373 e. The second-order valence-electron chi connectivity index (χ2n) is 14.1. The summed E-state index contributed by atoms with van der Waals surface area (Å²) in [7, 11) is 0. The zero-order valence-electron chi connectivity index (χ0n) is 40.5. The van der Waals surface area contributed by atoms with Crippen LogP contribution in [0.25, 0.3) is 27.8 Å². The molecule has 0 aliphatic rings. The largest absolute Gasteiger partial charge is 0.373 e. The fraction of sp³-hybridized carbons (Fsp3) is 0.146. The Morgan fingerprint density at radius 2 is 1.03 bits per heavy atom. The molecule has 0 fully saturated rings. The lowest BCUT2D eigenvalue weighted by Gasteiger charge is -2.28. The molecule has 390 valence electrons. The predicted octanol–water partition coefficient (Wildman–Crippen LogP) is 12.6. The van der Waals surface area contributed by atoms with Gasteiger partial charge in [-0.05, 0) is 138 Å². The fourth-order valence-corrected chi connectivity index (χ4v) is 10.1. The highest BCUT2D eigenvalue weighted by molar-refractivity contribution is 14.1. The van der Waals surface area contributed by atoms with Gasteiger partial charge in [-0.2, -0.15) is 0 Å². The van der Waals surface area contributed by atoms with Crippen molar-refractivity contribution >= 4 is 161 Å². The van der Waals surface area contributed by atoms with Gasteiger partial charge in [0.15, 0.2) is 36.5 Å². The Labute approximate surface area is 496 Å². The van der Waals surface area contributed by atoms with E-state index in [1.807, 2.05) is 74.2 Å². The van der Waals surface area contributed by atoms with Crippen molar-refractivity contribution in [2.75, 3.05) is 37.5 Å². The summed E-state index contributed by atoms with van der Waals surface area (Å²) in [6.45, 7) is 0. The summed E-state index contributed by atoms with van der Waals surface area (Å²) in [4.78, 5) is 69.5. The molecule has 0 unspecified atom stereocenters. The van der Waals surface area contributed by atoms with Crippen LogP contribution in [0.1, 0.15) is 27.3 Å². The molecule has 0 bridgehead atoms. The van der Waals surface area contributed by atoms with Gasteiger partial charge >= 0.3 is 0 Å². The Kier molecular flexibility index (Phi) is 24.4. The van der Waals surface area contributed by atoms with Gasteiger partial charge in [0.2, 0.25) is 0 Å². The van der Waals surface area contributed by atoms with Crippen molar-refractivity contribution in [3.8, 4) is 11.3 Å². The van der Waals surface area contributed by atoms with E-state index in [0.717, 1.165) is 47.0 Å². The number of carbonyl (C=O) groups is 1. The zero-order valence-corrected chi connectivity index (χ0v) is 50.6. The standard InChI is InChI=1S/C16H14ClN5OS2.C16H13N5S2.C6H3Cl2NO.C5H5ClN2S.C5H5IN2S/c1-24-14-19-8-5-11(21-14)16(23,10-4-3-7-18-13(10)17)12-6-9-20-15(22-12)25-2;1-22-15-18-8-5-11(20-15)13-10-4-3-7-17-14(10)21-12(13)6-9-19-16(21)23-2;7-5-4(6(8)10)2-1-3-9-5;2*1-9-5-7-3-2-4(6)8-5/h3-9,23H,1-2H3;3-9H,1-2H3;1-3H;2*2-3H,1H3. The van der Waals surface area contributed by atoms with Crippen LogP contribution in [0.3, 0.4) is 0 Å². The summed E-state index contributed by atoms with van der Waals surface area (Å²) in [6.07, 6.45) is 26.7. The highest BCUT2D eigenvalue weighted by Gasteiger charge is 2.40. The molecule has 10 rings (SSSR count). The number of hydrogen-bond acceptors (Lipinski definition) is 22. The maximum atomic E-state index is 11.7. The van der Waals surface area contributed by atoms with Crippen LogP contribution in [0.5, 0.6) is 0 Å². The summed E-state index contributed by atoms with van der Waals surface area (Å²) in [6, 6.07) is 21.3. The summed E-state index contributed by atoms with van der Waals surface area (Å²) in [5.41, 5.74) is 3.64. The van der Waals surface area contributed by atoms with Crippen molar-refractivity contribution in [2.45, 2.75) is 36.5 Å². The average Bonchev–Trinajstić information content (AvgIpc) is 3.83. The molecule has 0 aliphatic heterocycles. The first kappa shape index (κ1) is 60.6. The maximum Gasteiger partial charge on any atom is 0.255 e. The normalized spacial score (nSPS) is 10.7. The van der Waals surface area contributed by atoms with Gasteiger partial charge in [0.1, 0.15) is 24.8 Å². The van der Waals surface area contributed by atoms with E-state index in [1.54, 1.807) is 97.1 Å². The number of hydrogen-bond donors (Lipinski definition) is 1. The molecule has 76 heavy (non-hydrogen) atoms. The second-order valence-corrected chi connectivity index (χ2v) is 21.3. The first-order chi connectivity index (χ1) is 36.8. The van der Waals surface area contributed by atoms with Crippen LogP contribution in [0, 0.1) is 3.70 Å². The SMILES string of the molecule is CSc1nccc(-c2c3cccnc3n3c(SC)nccc23)n1.CSc1nccc(C(O)(c2ccnc(SC)n2)c2cccnc2Cl)n1.CSc1nccc(Cl)n1.CSc1nccc(I)n1.O=C(Cl)c1cccnc1Cl. The monoisotopic (exact) mass is 1320 g/mol. The highest BCUT2D eigenvalue weighted by atomic mass is 127. The van der Waals surface area contributed by atoms with Gasteiger partial charge in [0.05, 0.1) is 28.2 Å². The fourth-order valence-electron chi connectivity index (χ4n) is 6.42. The second kappa shape index (κ2) is 30.5. The Hall–Kier alpha value is -4.58. The predicted molar refractivity (Wildman–Crippen MR) is 319 cm³/mol. The molecular weight excluding hydrogens is 1280 g/mol. The molecule has 10 heterocycles. The van der Waals surface area contributed by atoms with E-state index in [4.69, 9.17) is 46.4 Å². The van der Waals surface area contributed by atoms with Crippen LogP contribution in [0.15, 0.2) is 160 Å². The number of aliphatic hydroxyl groups is 1. The highest BCUT2D eigenvalue weighted by Crippen LogP contribution is 2.39. The summed E-state index contributed by atoms with van der Waals surface area (Å²) in [5, 5.41) is 17.3. The average molecular weight is 1320 g/mol. The number of aromatic nitrogens is 15. The molecule has 0 saturated heterocycles. The van der Waals surface area contributed by atoms with Crippen LogP contribution in [-0.2, 0) is 5.60 Å². The van der Waals surface area contributed by atoms with E-state index in [0.29, 0.717) is 37.6 Å². The lowest BCUT2D eigenvalue weighted by molar-refractivity contribution is 0.108. The summed E-state index contributed by atoms with van der Waals surface area (Å²) in [5.74, 6) is 0. The Morgan fingerprint density at radius 3 is 1.54 bits per heavy atom. The number of thioether (sulfide) groups is 6. The van der Waals surface area contributed by atoms with Gasteiger partial charge in [-0.15, -0.1) is 0 Å². The molecule has 0 atom stereocenters. The Bertz CT molecular complexity index is 3450. The van der Waals surface area contributed by atoms with Gasteiger partial charge in [0, 0.05) is 72.3 Å². The lowest BCUT2D eigenvalue weighted by Crippen LogP contribution is -2.32. The van der Waals surface area contributed by atoms with Gasteiger partial charge < -0.3 is 5.11 Å². The molecule has 0 saturated carbocycles. The number of fused-ring (bicyclic) bond motifs is 3. The van der Waals surface area contributed by atoms with Gasteiger partial charge in [-0.1, -0.05) is 111 Å². The molecule has 17 nitrogen and oxygen atoms in total. The van der Waals surface area contributed by atoms with Crippen LogP contribution in [0.2, 0.25) is 15.5 Å². The van der Waals surface area contributed by atoms with Crippen molar-refractivity contribution in [3.05, 3.63) is 170 Å². The maximum absolute atomic E-state index is 11.7. The van der Waals surface area contributed by atoms with E-state index >= 15 is 0 Å². The van der Waals surface area contributed by atoms with E-state index < -0.39 is 10.8 Å². The third kappa shape index (κ3) is 16.0. The molecule has 0 aromatic carbocycles. The number of pyridine rings is 3. The first-order valence-corrected chi connectivity index (χ1v) is 31.3. The molecule has 0 radical (unpaired) electrons. The van der Waals surface area contributed by atoms with Crippen molar-refractivity contribution in [2.24, 2.45) is 0 Å². The van der Waals surface area contributed by atoms with Crippen molar-refractivity contribution < 1.29 is 9.90 Å². The van der Waals surface area contributed by atoms with Crippen molar-refractivity contribution in [1.29, 1.82) is 0 Å². The molecule has 0 amide bonds. The topological polar surface area (TPSA) is 222 Å². The summed E-state index contributed by atoms with van der Waals surface area (Å²) < 4.78 is 3.09. The van der Waals surface area contributed by atoms with Crippen molar-refractivity contribution in [3.63, 3.8) is 0 Å². The molecule has 1 N–H and O–H groups in total. The molecule has 28 heteroatoms. The number of rotatable bonds is 11. The van der Waals surface area contributed by atoms with E-state index in [2.05, 4.69) is 103 Å². The van der Waals surface area contributed by atoms with Crippen LogP contribution < -0.4 is 0 Å². The molecular formula is C48H40Cl4IN15O2S6. The van der Waals surface area contributed by atoms with Gasteiger partial charge in [-0.3, -0.25) is 9.20 Å². The van der Waals surface area contributed by atoms with Gasteiger partial charge in [0.25, 0.3) is 5.24 Å². The number of nitrogens with zero attached hydrogens (tertiary/aromatic N) is 15. The zero-order chi connectivity index (χ0) is 54.6. The van der Waals surface area contributed by atoms with Crippen LogP contribution in [0.4, 0.5) is 0 Å². The van der Waals surface area contributed by atoms with Crippen LogP contribution >= 0.6 is 140 Å². The van der Waals surface area contributed by atoms with Gasteiger partial charge in [-0.25, -0.2) is 69.8 Å². The Morgan fingerprint density at radius 1 is 0.526 bits per heavy atom.